The fourth-order valence-corrected chi connectivity index (χ4v) is 4.06. The first kappa shape index (κ1) is 18.5. The van der Waals surface area contributed by atoms with E-state index in [0.717, 1.165) is 38.0 Å². The van der Waals surface area contributed by atoms with Crippen LogP contribution >= 0.6 is 0 Å². The number of aromatic nitrogens is 1. The lowest BCUT2D eigenvalue weighted by Gasteiger charge is -2.29. The highest BCUT2D eigenvalue weighted by Gasteiger charge is 2.17. The lowest BCUT2D eigenvalue weighted by Crippen LogP contribution is -2.32. The molecule has 3 aromatic rings. The number of rotatable bonds is 5. The molecule has 0 spiro atoms. The maximum Gasteiger partial charge on any atom is 0.267 e. The molecule has 28 heavy (non-hydrogen) atoms. The third-order valence-corrected chi connectivity index (χ3v) is 5.56. The summed E-state index contributed by atoms with van der Waals surface area (Å²) in [4.78, 5) is 17.1. The van der Waals surface area contributed by atoms with E-state index >= 15 is 0 Å². The Morgan fingerprint density at radius 2 is 2.11 bits per heavy atom. The number of carbonyl (C=O) groups is 1. The molecule has 5 nitrogen and oxygen atoms in total. The summed E-state index contributed by atoms with van der Waals surface area (Å²) in [5.41, 5.74) is 9.18. The van der Waals surface area contributed by atoms with Gasteiger partial charge in [-0.3, -0.25) is 14.9 Å². The smallest absolute Gasteiger partial charge is 0.267 e. The maximum absolute atomic E-state index is 11.1. The van der Waals surface area contributed by atoms with E-state index in [0.29, 0.717) is 0 Å². The van der Waals surface area contributed by atoms with Gasteiger partial charge in [0.2, 0.25) is 0 Å². The second-order valence-electron chi connectivity index (χ2n) is 7.39. The van der Waals surface area contributed by atoms with Gasteiger partial charge in [0.15, 0.2) is 0 Å². The van der Waals surface area contributed by atoms with Crippen LogP contribution in [0, 0.1) is 6.92 Å². The number of aromatic amines is 1. The normalized spacial score (nSPS) is 14.5. The fourth-order valence-electron chi connectivity index (χ4n) is 4.06. The van der Waals surface area contributed by atoms with Gasteiger partial charge < -0.3 is 4.98 Å². The van der Waals surface area contributed by atoms with E-state index in [9.17, 15) is 4.79 Å². The molecule has 5 heteroatoms. The molecule has 1 amide bonds. The number of nitrogens with one attached hydrogen (secondary N) is 2. The van der Waals surface area contributed by atoms with E-state index < -0.39 is 5.91 Å². The van der Waals surface area contributed by atoms with Crippen molar-refractivity contribution in [1.29, 1.82) is 0 Å². The minimum absolute atomic E-state index is 0.517. The number of nitrogens with zero attached hydrogens (tertiary/aromatic N) is 1. The molecule has 0 fully saturated rings. The van der Waals surface area contributed by atoms with Crippen LogP contribution in [0.5, 0.6) is 0 Å². The summed E-state index contributed by atoms with van der Waals surface area (Å²) in [5, 5.41) is 9.90. The van der Waals surface area contributed by atoms with Crippen LogP contribution in [0.1, 0.15) is 27.9 Å². The largest absolute Gasteiger partial charge is 0.358 e. The van der Waals surface area contributed by atoms with Gasteiger partial charge in [0.1, 0.15) is 0 Å². The summed E-state index contributed by atoms with van der Waals surface area (Å²) in [6.07, 6.45) is 5.11. The molecule has 0 unspecified atom stereocenters. The van der Waals surface area contributed by atoms with Crippen LogP contribution in [0.15, 0.2) is 48.5 Å². The molecule has 2 heterocycles. The number of para-hydroxylation sites is 1. The number of aryl methyl sites for hydroxylation is 1. The minimum atomic E-state index is -0.517. The number of hydrogen-bond donors (Lipinski definition) is 3. The third-order valence-electron chi connectivity index (χ3n) is 5.56. The monoisotopic (exact) mass is 375 g/mol. The van der Waals surface area contributed by atoms with Crippen LogP contribution < -0.4 is 5.48 Å². The van der Waals surface area contributed by atoms with Gasteiger partial charge in [0, 0.05) is 42.3 Å². The molecule has 0 aliphatic carbocycles. The summed E-state index contributed by atoms with van der Waals surface area (Å²) < 4.78 is 0. The van der Waals surface area contributed by atoms with Gasteiger partial charge in [-0.05, 0) is 54.2 Å². The fraction of sp³-hybridized carbons (Fsp3) is 0.261. The van der Waals surface area contributed by atoms with Gasteiger partial charge in [-0.15, -0.1) is 0 Å². The van der Waals surface area contributed by atoms with E-state index in [1.165, 1.54) is 39.4 Å². The molecular formula is C23H25N3O2. The second-order valence-corrected chi connectivity index (χ2v) is 7.39. The molecule has 2 aromatic carbocycles. The Bertz CT molecular complexity index is 1040. The van der Waals surface area contributed by atoms with Gasteiger partial charge in [0.25, 0.3) is 5.91 Å². The van der Waals surface area contributed by atoms with Gasteiger partial charge in [-0.25, -0.2) is 5.48 Å². The number of fused-ring (bicyclic) bond motifs is 2. The van der Waals surface area contributed by atoms with Crippen LogP contribution in [0.4, 0.5) is 0 Å². The predicted octanol–water partition coefficient (Wildman–Crippen LogP) is 3.60. The first-order chi connectivity index (χ1) is 13.6. The quantitative estimate of drug-likeness (QED) is 0.363. The number of hydroxylamine groups is 1. The first-order valence-corrected chi connectivity index (χ1v) is 9.66. The highest BCUT2D eigenvalue weighted by atomic mass is 16.5. The summed E-state index contributed by atoms with van der Waals surface area (Å²) in [5.74, 6) is -0.517. The maximum atomic E-state index is 11.1. The average molecular weight is 375 g/mol. The number of benzene rings is 2. The molecule has 0 atom stereocenters. The van der Waals surface area contributed by atoms with Crippen molar-refractivity contribution in [1.82, 2.24) is 15.4 Å². The van der Waals surface area contributed by atoms with Crippen LogP contribution in [0.2, 0.25) is 0 Å². The molecular weight excluding hydrogens is 350 g/mol. The number of amides is 1. The topological polar surface area (TPSA) is 68.4 Å². The number of H-pyrrole nitrogens is 1. The van der Waals surface area contributed by atoms with Crippen molar-refractivity contribution in [2.24, 2.45) is 0 Å². The lowest BCUT2D eigenvalue weighted by atomic mass is 9.96. The van der Waals surface area contributed by atoms with Gasteiger partial charge in [-0.2, -0.15) is 0 Å². The standard InChI is InChI=1S/C23H25N3O2/c1-16-20(21-4-2-3-5-22(21)24-16)11-13-26-12-10-18-14-17(6-8-19(18)15-26)7-9-23(27)25-28/h2-9,14,24,28H,10-13,15H2,1H3,(H,25,27). The van der Waals surface area contributed by atoms with Crippen molar-refractivity contribution in [2.75, 3.05) is 13.1 Å². The Morgan fingerprint density at radius 1 is 1.25 bits per heavy atom. The molecule has 0 saturated carbocycles. The van der Waals surface area contributed by atoms with Crippen molar-refractivity contribution in [3.05, 3.63) is 76.5 Å². The SMILES string of the molecule is Cc1[nH]c2ccccc2c1CCN1CCc2cc(C=CC(=O)NO)ccc2C1. The highest BCUT2D eigenvalue weighted by Crippen LogP contribution is 2.25. The minimum Gasteiger partial charge on any atom is -0.358 e. The van der Waals surface area contributed by atoms with Crippen LogP contribution in [0.25, 0.3) is 17.0 Å². The predicted molar refractivity (Wildman–Crippen MR) is 111 cm³/mol. The summed E-state index contributed by atoms with van der Waals surface area (Å²) in [7, 11) is 0. The average Bonchev–Trinajstić information content (AvgIpc) is 3.05. The highest BCUT2D eigenvalue weighted by molar-refractivity contribution is 5.90. The zero-order chi connectivity index (χ0) is 19.5. The zero-order valence-corrected chi connectivity index (χ0v) is 16.0. The third kappa shape index (κ3) is 3.86. The molecule has 144 valence electrons. The zero-order valence-electron chi connectivity index (χ0n) is 16.0. The molecule has 1 aromatic heterocycles. The van der Waals surface area contributed by atoms with E-state index in [1.807, 2.05) is 6.07 Å². The van der Waals surface area contributed by atoms with E-state index in [-0.39, 0.29) is 0 Å². The Morgan fingerprint density at radius 3 is 2.96 bits per heavy atom. The molecule has 3 N–H and O–H groups in total. The summed E-state index contributed by atoms with van der Waals surface area (Å²) >= 11 is 0. The van der Waals surface area contributed by atoms with Crippen LogP contribution in [0.3, 0.4) is 0 Å². The molecule has 1 aliphatic heterocycles. The van der Waals surface area contributed by atoms with E-state index in [4.69, 9.17) is 5.21 Å². The second kappa shape index (κ2) is 8.00. The number of carbonyl (C=O) groups excluding carboxylic acids is 1. The summed E-state index contributed by atoms with van der Waals surface area (Å²) in [6.45, 7) is 5.20. The Labute approximate surface area is 164 Å². The lowest BCUT2D eigenvalue weighted by molar-refractivity contribution is -0.124. The summed E-state index contributed by atoms with van der Waals surface area (Å²) in [6, 6.07) is 14.8. The number of hydrogen-bond acceptors (Lipinski definition) is 3. The Balaban J connectivity index is 1.42. The van der Waals surface area contributed by atoms with Crippen molar-refractivity contribution >= 4 is 22.9 Å². The van der Waals surface area contributed by atoms with Crippen molar-refractivity contribution in [3.63, 3.8) is 0 Å². The molecule has 0 bridgehead atoms. The van der Waals surface area contributed by atoms with E-state index in [1.54, 1.807) is 11.6 Å². The Hall–Kier alpha value is -2.89. The van der Waals surface area contributed by atoms with Crippen molar-refractivity contribution in [3.8, 4) is 0 Å². The van der Waals surface area contributed by atoms with Crippen molar-refractivity contribution < 1.29 is 10.0 Å². The Kier molecular flexibility index (Phi) is 5.28. The van der Waals surface area contributed by atoms with Crippen LogP contribution in [-0.4, -0.2) is 34.1 Å². The van der Waals surface area contributed by atoms with Gasteiger partial charge in [0.05, 0.1) is 0 Å². The first-order valence-electron chi connectivity index (χ1n) is 9.66. The van der Waals surface area contributed by atoms with Gasteiger partial charge >= 0.3 is 0 Å². The molecule has 4 rings (SSSR count). The van der Waals surface area contributed by atoms with E-state index in [2.05, 4.69) is 53.2 Å². The molecule has 0 saturated heterocycles. The van der Waals surface area contributed by atoms with Crippen LogP contribution in [-0.2, 0) is 24.2 Å². The molecule has 1 aliphatic rings. The van der Waals surface area contributed by atoms with Gasteiger partial charge in [-0.1, -0.05) is 36.4 Å². The van der Waals surface area contributed by atoms with Crippen molar-refractivity contribution in [2.45, 2.75) is 26.3 Å². The molecule has 0 radical (unpaired) electrons.